The lowest BCUT2D eigenvalue weighted by Crippen LogP contribution is -2.19. The quantitative estimate of drug-likeness (QED) is 0.894. The van der Waals surface area contributed by atoms with E-state index in [1.54, 1.807) is 0 Å². The molecule has 3 nitrogen and oxygen atoms in total. The maximum absolute atomic E-state index is 5.78. The van der Waals surface area contributed by atoms with E-state index in [1.165, 1.54) is 11.5 Å². The Morgan fingerprint density at radius 1 is 1.56 bits per heavy atom. The van der Waals surface area contributed by atoms with Crippen molar-refractivity contribution in [2.45, 2.75) is 24.6 Å². The lowest BCUT2D eigenvalue weighted by Gasteiger charge is -2.19. The van der Waals surface area contributed by atoms with E-state index in [0.717, 1.165) is 23.7 Å². The fourth-order valence-corrected chi connectivity index (χ4v) is 4.26. The highest BCUT2D eigenvalue weighted by atomic mass is 32.2. The molecule has 0 saturated carbocycles. The van der Waals surface area contributed by atoms with E-state index >= 15 is 0 Å². The van der Waals surface area contributed by atoms with Crippen molar-refractivity contribution in [1.29, 1.82) is 0 Å². The van der Waals surface area contributed by atoms with E-state index in [2.05, 4.69) is 9.97 Å². The van der Waals surface area contributed by atoms with Crippen LogP contribution in [0.4, 0.5) is 0 Å². The average molecular weight is 255 g/mol. The molecule has 0 aromatic carbocycles. The molecular formula is C11H17N3S2. The van der Waals surface area contributed by atoms with E-state index in [4.69, 9.17) is 5.73 Å². The third-order valence-electron chi connectivity index (χ3n) is 2.37. The van der Waals surface area contributed by atoms with Crippen molar-refractivity contribution in [3.63, 3.8) is 0 Å². The molecular weight excluding hydrogens is 238 g/mol. The van der Waals surface area contributed by atoms with Crippen molar-refractivity contribution < 1.29 is 0 Å². The molecule has 1 aliphatic rings. The van der Waals surface area contributed by atoms with E-state index in [0.29, 0.717) is 5.25 Å². The predicted molar refractivity (Wildman–Crippen MR) is 71.9 cm³/mol. The van der Waals surface area contributed by atoms with Crippen molar-refractivity contribution in [2.75, 3.05) is 17.3 Å². The molecule has 1 aromatic heterocycles. The molecule has 1 aromatic rings. The first-order valence-electron chi connectivity index (χ1n) is 5.52. The fraction of sp³-hybridized carbons (Fsp3) is 0.636. The number of nitrogens with zero attached hydrogens (tertiary/aromatic N) is 2. The highest BCUT2D eigenvalue weighted by Gasteiger charge is 2.19. The summed E-state index contributed by atoms with van der Waals surface area (Å²) in [5.74, 6) is 4.57. The molecule has 0 amide bonds. The summed E-state index contributed by atoms with van der Waals surface area (Å²) in [4.78, 5) is 9.00. The summed E-state index contributed by atoms with van der Waals surface area (Å²) in [6, 6.07) is 2.13. The highest BCUT2D eigenvalue weighted by Crippen LogP contribution is 2.34. The molecule has 2 rings (SSSR count). The van der Waals surface area contributed by atoms with Crippen LogP contribution in [0, 0.1) is 0 Å². The van der Waals surface area contributed by atoms with E-state index in [9.17, 15) is 0 Å². The summed E-state index contributed by atoms with van der Waals surface area (Å²) in [6.45, 7) is 2.01. The lowest BCUT2D eigenvalue weighted by atomic mass is 10.2. The maximum Gasteiger partial charge on any atom is 0.142 e. The lowest BCUT2D eigenvalue weighted by molar-refractivity contribution is 0.712. The number of rotatable bonds is 3. The van der Waals surface area contributed by atoms with Gasteiger partial charge in [0, 0.05) is 41.6 Å². The van der Waals surface area contributed by atoms with Gasteiger partial charge >= 0.3 is 0 Å². The summed E-state index contributed by atoms with van der Waals surface area (Å²) in [5.41, 5.74) is 6.85. The van der Waals surface area contributed by atoms with E-state index < -0.39 is 0 Å². The van der Waals surface area contributed by atoms with Crippen LogP contribution in [0.5, 0.6) is 0 Å². The van der Waals surface area contributed by atoms with E-state index in [1.807, 2.05) is 42.7 Å². The van der Waals surface area contributed by atoms with Crippen molar-refractivity contribution in [1.82, 2.24) is 9.97 Å². The third kappa shape index (κ3) is 3.37. The standard InChI is InChI=1S/C11H17N3S2/c1-8(12)6-9-2-3-13-11(14-9)10-7-15-4-5-16-10/h2-3,8,10H,4-7,12H2,1H3. The summed E-state index contributed by atoms with van der Waals surface area (Å²) in [5, 5.41) is 0.465. The van der Waals surface area contributed by atoms with Crippen molar-refractivity contribution >= 4 is 23.5 Å². The van der Waals surface area contributed by atoms with Gasteiger partial charge in [-0.15, -0.1) is 11.8 Å². The Balaban J connectivity index is 2.08. The Kier molecular flexibility index (Phi) is 4.49. The van der Waals surface area contributed by atoms with Gasteiger partial charge in [-0.1, -0.05) is 0 Å². The Hall–Kier alpha value is -0.260. The smallest absolute Gasteiger partial charge is 0.142 e. The van der Waals surface area contributed by atoms with Gasteiger partial charge < -0.3 is 5.73 Å². The molecule has 0 aliphatic carbocycles. The zero-order valence-electron chi connectivity index (χ0n) is 9.43. The van der Waals surface area contributed by atoms with Gasteiger partial charge in [-0.05, 0) is 13.0 Å². The summed E-state index contributed by atoms with van der Waals surface area (Å²) in [7, 11) is 0. The van der Waals surface area contributed by atoms with Gasteiger partial charge in [-0.25, -0.2) is 9.97 Å². The Morgan fingerprint density at radius 3 is 3.12 bits per heavy atom. The summed E-state index contributed by atoms with van der Waals surface area (Å²) >= 11 is 3.96. The van der Waals surface area contributed by atoms with Crippen LogP contribution in [-0.4, -0.2) is 33.3 Å². The molecule has 2 atom stereocenters. The average Bonchev–Trinajstić information content (AvgIpc) is 2.30. The largest absolute Gasteiger partial charge is 0.328 e. The van der Waals surface area contributed by atoms with Gasteiger partial charge in [0.1, 0.15) is 5.82 Å². The monoisotopic (exact) mass is 255 g/mol. The zero-order chi connectivity index (χ0) is 11.4. The molecule has 16 heavy (non-hydrogen) atoms. The molecule has 0 bridgehead atoms. The summed E-state index contributed by atoms with van der Waals surface area (Å²) in [6.07, 6.45) is 2.69. The van der Waals surface area contributed by atoms with Crippen molar-refractivity contribution in [3.8, 4) is 0 Å². The SMILES string of the molecule is CC(N)Cc1ccnc(C2CSCCS2)n1. The van der Waals surface area contributed by atoms with E-state index in [-0.39, 0.29) is 6.04 Å². The molecule has 2 N–H and O–H groups in total. The molecule has 2 unspecified atom stereocenters. The second-order valence-corrected chi connectivity index (χ2v) is 6.48. The Morgan fingerprint density at radius 2 is 2.44 bits per heavy atom. The van der Waals surface area contributed by atoms with Gasteiger partial charge in [0.05, 0.1) is 5.25 Å². The van der Waals surface area contributed by atoms with Crippen LogP contribution in [0.15, 0.2) is 12.3 Å². The second-order valence-electron chi connectivity index (χ2n) is 4.02. The Labute approximate surface area is 105 Å². The van der Waals surface area contributed by atoms with Gasteiger partial charge in [-0.2, -0.15) is 11.8 Å². The topological polar surface area (TPSA) is 51.8 Å². The number of hydrogen-bond acceptors (Lipinski definition) is 5. The highest BCUT2D eigenvalue weighted by molar-refractivity contribution is 8.06. The molecule has 88 valence electrons. The van der Waals surface area contributed by atoms with Crippen LogP contribution in [0.25, 0.3) is 0 Å². The van der Waals surface area contributed by atoms with Crippen molar-refractivity contribution in [3.05, 3.63) is 23.8 Å². The number of aromatic nitrogens is 2. The molecule has 2 heterocycles. The third-order valence-corrected chi connectivity index (χ3v) is 5.12. The number of hydrogen-bond donors (Lipinski definition) is 1. The molecule has 5 heteroatoms. The minimum Gasteiger partial charge on any atom is -0.328 e. The number of nitrogens with two attached hydrogens (primary N) is 1. The summed E-state index contributed by atoms with van der Waals surface area (Å²) < 4.78 is 0. The minimum absolute atomic E-state index is 0.163. The Bertz CT molecular complexity index is 338. The molecule has 1 aliphatic heterocycles. The first-order valence-corrected chi connectivity index (χ1v) is 7.73. The minimum atomic E-state index is 0.163. The maximum atomic E-state index is 5.78. The number of thioether (sulfide) groups is 2. The normalized spacial score (nSPS) is 23.0. The molecule has 1 fully saturated rings. The van der Waals surface area contributed by atoms with Crippen LogP contribution in [0.3, 0.4) is 0 Å². The van der Waals surface area contributed by atoms with Gasteiger partial charge in [0.2, 0.25) is 0 Å². The van der Waals surface area contributed by atoms with Gasteiger partial charge in [0.15, 0.2) is 0 Å². The van der Waals surface area contributed by atoms with Crippen LogP contribution >= 0.6 is 23.5 Å². The van der Waals surface area contributed by atoms with Crippen molar-refractivity contribution in [2.24, 2.45) is 5.73 Å². The van der Waals surface area contributed by atoms with Gasteiger partial charge in [0.25, 0.3) is 0 Å². The predicted octanol–water partition coefficient (Wildman–Crippen LogP) is 1.89. The first-order chi connectivity index (χ1) is 7.75. The zero-order valence-corrected chi connectivity index (χ0v) is 11.1. The second kappa shape index (κ2) is 5.89. The molecule has 0 radical (unpaired) electrons. The van der Waals surface area contributed by atoms with Crippen LogP contribution in [0.1, 0.15) is 23.7 Å². The fourth-order valence-electron chi connectivity index (χ4n) is 1.65. The van der Waals surface area contributed by atoms with Crippen LogP contribution in [0.2, 0.25) is 0 Å². The van der Waals surface area contributed by atoms with Gasteiger partial charge in [-0.3, -0.25) is 0 Å². The first kappa shape index (κ1) is 12.2. The molecule has 0 spiro atoms. The molecule has 1 saturated heterocycles. The van der Waals surface area contributed by atoms with Crippen LogP contribution in [-0.2, 0) is 6.42 Å². The van der Waals surface area contributed by atoms with Crippen LogP contribution < -0.4 is 5.73 Å².